The number of thiazole rings is 1. The molecular weight excluding hydrogens is 272 g/mol. The van der Waals surface area contributed by atoms with Crippen molar-refractivity contribution in [2.45, 2.75) is 13.8 Å². The van der Waals surface area contributed by atoms with Crippen molar-refractivity contribution in [3.05, 3.63) is 47.0 Å². The van der Waals surface area contributed by atoms with Crippen LogP contribution in [0.15, 0.2) is 30.6 Å². The van der Waals surface area contributed by atoms with E-state index in [-0.39, 0.29) is 5.91 Å². The van der Waals surface area contributed by atoms with Crippen LogP contribution < -0.4 is 5.32 Å². The molecule has 0 atom stereocenters. The number of anilines is 1. The second-order valence-electron chi connectivity index (χ2n) is 4.42. The van der Waals surface area contributed by atoms with Crippen LogP contribution in [0.1, 0.15) is 21.2 Å². The minimum Gasteiger partial charge on any atom is -0.321 e. The highest BCUT2D eigenvalue weighted by molar-refractivity contribution is 7.18. The van der Waals surface area contributed by atoms with Crippen molar-refractivity contribution in [3.63, 3.8) is 0 Å². The summed E-state index contributed by atoms with van der Waals surface area (Å²) < 4.78 is 1.11. The molecule has 2 heterocycles. The summed E-state index contributed by atoms with van der Waals surface area (Å²) >= 11 is 1.63. The Balaban J connectivity index is 1.87. The number of nitrogens with zero attached hydrogens (tertiary/aromatic N) is 3. The van der Waals surface area contributed by atoms with E-state index in [1.807, 2.05) is 25.1 Å². The third-order valence-electron chi connectivity index (χ3n) is 2.74. The largest absolute Gasteiger partial charge is 0.321 e. The molecule has 1 aromatic carbocycles. The molecule has 0 spiro atoms. The summed E-state index contributed by atoms with van der Waals surface area (Å²) in [5.41, 5.74) is 2.61. The van der Waals surface area contributed by atoms with Crippen molar-refractivity contribution in [1.82, 2.24) is 15.0 Å². The van der Waals surface area contributed by atoms with Crippen molar-refractivity contribution in [2.24, 2.45) is 0 Å². The number of hydrogen-bond acceptors (Lipinski definition) is 5. The van der Waals surface area contributed by atoms with Gasteiger partial charge in [0.1, 0.15) is 5.69 Å². The smallest absolute Gasteiger partial charge is 0.275 e. The summed E-state index contributed by atoms with van der Waals surface area (Å²) in [5, 5.41) is 3.82. The number of aryl methyl sites for hydroxylation is 2. The van der Waals surface area contributed by atoms with E-state index in [9.17, 15) is 4.79 Å². The lowest BCUT2D eigenvalue weighted by molar-refractivity contribution is 0.102. The van der Waals surface area contributed by atoms with E-state index in [1.165, 1.54) is 6.20 Å². The number of fused-ring (bicyclic) bond motifs is 1. The maximum Gasteiger partial charge on any atom is 0.275 e. The van der Waals surface area contributed by atoms with Gasteiger partial charge in [0, 0.05) is 11.9 Å². The van der Waals surface area contributed by atoms with E-state index in [0.29, 0.717) is 17.1 Å². The molecule has 0 unspecified atom stereocenters. The van der Waals surface area contributed by atoms with Crippen LogP contribution in [0.25, 0.3) is 10.2 Å². The Morgan fingerprint density at radius 2 is 2.05 bits per heavy atom. The Bertz CT molecular complexity index is 797. The summed E-state index contributed by atoms with van der Waals surface area (Å²) in [7, 11) is 0. The molecule has 20 heavy (non-hydrogen) atoms. The number of amides is 1. The van der Waals surface area contributed by atoms with Crippen LogP contribution >= 0.6 is 11.3 Å². The Morgan fingerprint density at radius 3 is 2.85 bits per heavy atom. The van der Waals surface area contributed by atoms with Crippen molar-refractivity contribution in [2.75, 3.05) is 5.32 Å². The standard InChI is InChI=1S/C14H12N4OS/c1-8-6-15-7-12(16-8)14(19)18-10-3-4-13-11(5-10)17-9(2)20-13/h3-7H,1-2H3,(H,18,19). The van der Waals surface area contributed by atoms with Crippen LogP contribution in [0.3, 0.4) is 0 Å². The molecule has 5 nitrogen and oxygen atoms in total. The highest BCUT2D eigenvalue weighted by Crippen LogP contribution is 2.24. The van der Waals surface area contributed by atoms with Gasteiger partial charge in [-0.05, 0) is 32.0 Å². The molecule has 0 bridgehead atoms. The fraction of sp³-hybridized carbons (Fsp3) is 0.143. The molecule has 0 radical (unpaired) electrons. The Hall–Kier alpha value is -2.34. The van der Waals surface area contributed by atoms with Gasteiger partial charge < -0.3 is 5.32 Å². The molecule has 0 saturated carbocycles. The molecule has 0 fully saturated rings. The van der Waals surface area contributed by atoms with Gasteiger partial charge in [-0.2, -0.15) is 0 Å². The second kappa shape index (κ2) is 4.97. The fourth-order valence-corrected chi connectivity index (χ4v) is 2.70. The quantitative estimate of drug-likeness (QED) is 0.785. The van der Waals surface area contributed by atoms with Crippen molar-refractivity contribution in [1.29, 1.82) is 0 Å². The molecule has 0 aliphatic carbocycles. The molecule has 0 aliphatic rings. The summed E-state index contributed by atoms with van der Waals surface area (Å²) in [6, 6.07) is 5.68. The Labute approximate surface area is 119 Å². The van der Waals surface area contributed by atoms with Crippen LogP contribution in [0.2, 0.25) is 0 Å². The van der Waals surface area contributed by atoms with Gasteiger partial charge in [0.15, 0.2) is 0 Å². The lowest BCUT2D eigenvalue weighted by atomic mass is 10.3. The number of rotatable bonds is 2. The second-order valence-corrected chi connectivity index (χ2v) is 5.65. The summed E-state index contributed by atoms with van der Waals surface area (Å²) in [5.74, 6) is -0.271. The average Bonchev–Trinajstić information content (AvgIpc) is 2.78. The fourth-order valence-electron chi connectivity index (χ4n) is 1.89. The van der Waals surface area contributed by atoms with E-state index in [4.69, 9.17) is 0 Å². The molecule has 6 heteroatoms. The van der Waals surface area contributed by atoms with Gasteiger partial charge in [-0.1, -0.05) is 0 Å². The van der Waals surface area contributed by atoms with Crippen molar-refractivity contribution >= 4 is 33.1 Å². The zero-order valence-corrected chi connectivity index (χ0v) is 11.9. The van der Waals surface area contributed by atoms with Gasteiger partial charge in [0.2, 0.25) is 0 Å². The van der Waals surface area contributed by atoms with Gasteiger partial charge >= 0.3 is 0 Å². The molecule has 1 amide bonds. The summed E-state index contributed by atoms with van der Waals surface area (Å²) in [6.45, 7) is 3.76. The topological polar surface area (TPSA) is 67.8 Å². The van der Waals surface area contributed by atoms with Crippen LogP contribution in [0.4, 0.5) is 5.69 Å². The zero-order valence-electron chi connectivity index (χ0n) is 11.0. The molecule has 100 valence electrons. The van der Waals surface area contributed by atoms with Crippen LogP contribution in [-0.2, 0) is 0 Å². The first-order valence-corrected chi connectivity index (χ1v) is 6.91. The SMILES string of the molecule is Cc1cncc(C(=O)Nc2ccc3sc(C)nc3c2)n1. The maximum atomic E-state index is 12.1. The first-order chi connectivity index (χ1) is 9.61. The van der Waals surface area contributed by atoms with Crippen LogP contribution in [0.5, 0.6) is 0 Å². The number of carbonyl (C=O) groups is 1. The molecule has 0 saturated heterocycles. The molecule has 3 aromatic rings. The first kappa shape index (κ1) is 12.7. The van der Waals surface area contributed by atoms with E-state index in [0.717, 1.165) is 15.2 Å². The van der Waals surface area contributed by atoms with Gasteiger partial charge in [-0.15, -0.1) is 11.3 Å². The minimum atomic E-state index is -0.271. The molecule has 2 aromatic heterocycles. The summed E-state index contributed by atoms with van der Waals surface area (Å²) in [6.07, 6.45) is 3.06. The predicted molar refractivity (Wildman–Crippen MR) is 79.1 cm³/mol. The normalized spacial score (nSPS) is 10.7. The molecule has 1 N–H and O–H groups in total. The molecular formula is C14H12N4OS. The molecule has 0 aliphatic heterocycles. The van der Waals surface area contributed by atoms with E-state index in [2.05, 4.69) is 20.3 Å². The number of hydrogen-bond donors (Lipinski definition) is 1. The predicted octanol–water partition coefficient (Wildman–Crippen LogP) is 2.96. The van der Waals surface area contributed by atoms with Gasteiger partial charge in [0.25, 0.3) is 5.91 Å². The Morgan fingerprint density at radius 1 is 1.20 bits per heavy atom. The highest BCUT2D eigenvalue weighted by atomic mass is 32.1. The number of carbonyl (C=O) groups excluding carboxylic acids is 1. The third-order valence-corrected chi connectivity index (χ3v) is 3.69. The Kier molecular flexibility index (Phi) is 3.15. The number of aromatic nitrogens is 3. The first-order valence-electron chi connectivity index (χ1n) is 6.09. The van der Waals surface area contributed by atoms with E-state index in [1.54, 1.807) is 24.5 Å². The monoisotopic (exact) mass is 284 g/mol. The zero-order chi connectivity index (χ0) is 14.1. The lowest BCUT2D eigenvalue weighted by Crippen LogP contribution is -2.14. The third kappa shape index (κ3) is 2.50. The van der Waals surface area contributed by atoms with Crippen LogP contribution in [0, 0.1) is 13.8 Å². The summed E-state index contributed by atoms with van der Waals surface area (Å²) in [4.78, 5) is 24.6. The van der Waals surface area contributed by atoms with Gasteiger partial charge in [-0.25, -0.2) is 9.97 Å². The minimum absolute atomic E-state index is 0.271. The average molecular weight is 284 g/mol. The lowest BCUT2D eigenvalue weighted by Gasteiger charge is -2.04. The highest BCUT2D eigenvalue weighted by Gasteiger charge is 2.09. The number of benzene rings is 1. The van der Waals surface area contributed by atoms with Crippen LogP contribution in [-0.4, -0.2) is 20.9 Å². The van der Waals surface area contributed by atoms with E-state index >= 15 is 0 Å². The van der Waals surface area contributed by atoms with Gasteiger partial charge in [-0.3, -0.25) is 9.78 Å². The van der Waals surface area contributed by atoms with Crippen molar-refractivity contribution < 1.29 is 4.79 Å². The molecule has 3 rings (SSSR count). The maximum absolute atomic E-state index is 12.1. The van der Waals surface area contributed by atoms with Crippen molar-refractivity contribution in [3.8, 4) is 0 Å². The number of nitrogens with one attached hydrogen (secondary N) is 1. The van der Waals surface area contributed by atoms with Gasteiger partial charge in [0.05, 0.1) is 27.1 Å². The van der Waals surface area contributed by atoms with E-state index < -0.39 is 0 Å².